The first kappa shape index (κ1) is 110. The minimum Gasteiger partial charge on any atom is -0.452 e. The van der Waals surface area contributed by atoms with Crippen molar-refractivity contribution in [2.24, 2.45) is 50.2 Å². The minimum absolute atomic E-state index is 0.00851. The molecule has 8 heterocycles. The Bertz CT molecular complexity index is 4190. The van der Waals surface area contributed by atoms with Crippen LogP contribution < -0.4 is 0 Å². The lowest BCUT2D eigenvalue weighted by Gasteiger charge is -2.71. The second-order valence-corrected chi connectivity index (χ2v) is 42.6. The quantitative estimate of drug-likeness (QED) is 0.0104. The molecule has 4 saturated carbocycles. The number of rotatable bonds is 31. The van der Waals surface area contributed by atoms with Crippen molar-refractivity contribution in [3.63, 3.8) is 0 Å². The molecule has 0 aromatic heterocycles. The fourth-order valence-electron chi connectivity index (χ4n) is 23.4. The van der Waals surface area contributed by atoms with Gasteiger partial charge in [-0.15, -0.1) is 13.2 Å². The van der Waals surface area contributed by atoms with Gasteiger partial charge in [0.25, 0.3) is 0 Å². The van der Waals surface area contributed by atoms with Crippen LogP contribution in [0.4, 0.5) is 0 Å². The largest absolute Gasteiger partial charge is 0.452 e. The summed E-state index contributed by atoms with van der Waals surface area (Å²) >= 11 is 0. The molecule has 8 saturated heterocycles. The normalized spacial score (nSPS) is 48.3. The van der Waals surface area contributed by atoms with Gasteiger partial charge in [-0.2, -0.15) is 0 Å². The number of hydrogen-bond donors (Lipinski definition) is 22. The van der Waals surface area contributed by atoms with E-state index in [1.807, 2.05) is 0 Å². The highest BCUT2D eigenvalue weighted by molar-refractivity contribution is 5.89. The van der Waals surface area contributed by atoms with Gasteiger partial charge in [-0.25, -0.2) is 9.59 Å². The van der Waals surface area contributed by atoms with Crippen LogP contribution in [0.5, 0.6) is 0 Å². The molecule has 0 spiro atoms. The summed E-state index contributed by atoms with van der Waals surface area (Å²) in [5, 5.41) is 248. The zero-order valence-electron chi connectivity index (χ0n) is 79.5. The number of aliphatic hydroxyl groups excluding tert-OH is 20. The van der Waals surface area contributed by atoms with E-state index in [-0.39, 0.29) is 61.5 Å². The van der Waals surface area contributed by atoms with Gasteiger partial charge in [0, 0.05) is 5.57 Å². The van der Waals surface area contributed by atoms with Gasteiger partial charge < -0.3 is 198 Å². The maximum absolute atomic E-state index is 16.6. The Kier molecular flexibility index (Phi) is 34.8. The number of aliphatic hydroxyl groups is 22. The Morgan fingerprint density at radius 1 is 0.460 bits per heavy atom. The van der Waals surface area contributed by atoms with Crippen LogP contribution in [0.25, 0.3) is 0 Å². The van der Waals surface area contributed by atoms with Crippen LogP contribution in [0.2, 0.25) is 0 Å². The molecule has 0 bridgehead atoms. The van der Waals surface area contributed by atoms with E-state index in [0.717, 1.165) is 5.57 Å². The van der Waals surface area contributed by atoms with Crippen LogP contribution >= 0.6 is 0 Å². The molecule has 782 valence electrons. The minimum atomic E-state index is -2.28. The predicted octanol–water partition coefficient (Wildman–Crippen LogP) is -3.75. The van der Waals surface area contributed by atoms with Crippen molar-refractivity contribution in [2.45, 2.75) is 411 Å². The van der Waals surface area contributed by atoms with Crippen LogP contribution in [0.3, 0.4) is 0 Å². The maximum Gasteiger partial charge on any atom is 0.336 e. The van der Waals surface area contributed by atoms with Gasteiger partial charge >= 0.3 is 17.9 Å². The van der Waals surface area contributed by atoms with Crippen molar-refractivity contribution in [2.75, 3.05) is 46.2 Å². The summed E-state index contributed by atoms with van der Waals surface area (Å²) < 4.78 is 109. The second-order valence-electron chi connectivity index (χ2n) is 42.6. The fraction of sp³-hybridized carbons (Fsp3) is 0.862. The van der Waals surface area contributed by atoms with Crippen LogP contribution in [-0.4, -0.2) is 421 Å². The number of carbonyl (C=O) groups excluding carboxylic acids is 3. The third-order valence-electron chi connectivity index (χ3n) is 32.4. The second kappa shape index (κ2) is 43.3. The van der Waals surface area contributed by atoms with E-state index in [2.05, 4.69) is 67.7 Å². The van der Waals surface area contributed by atoms with E-state index in [1.165, 1.54) is 58.9 Å². The van der Waals surface area contributed by atoms with Gasteiger partial charge in [0.15, 0.2) is 62.3 Å². The van der Waals surface area contributed by atoms with E-state index in [4.69, 9.17) is 85.3 Å². The summed E-state index contributed by atoms with van der Waals surface area (Å²) in [5.74, 6) is -4.27. The van der Waals surface area contributed by atoms with E-state index < -0.39 is 347 Å². The molecule has 43 nitrogen and oxygen atoms in total. The van der Waals surface area contributed by atoms with E-state index in [1.54, 1.807) is 0 Å². The molecule has 8 aliphatic heterocycles. The highest BCUT2D eigenvalue weighted by Crippen LogP contribution is 2.76. The highest BCUT2D eigenvalue weighted by Gasteiger charge is 2.73. The van der Waals surface area contributed by atoms with Gasteiger partial charge in [0.1, 0.15) is 146 Å². The molecule has 0 unspecified atom stereocenters. The molecule has 47 atom stereocenters. The molecular weight excluding hydrogens is 1820 g/mol. The van der Waals surface area contributed by atoms with Crippen LogP contribution in [0, 0.1) is 50.2 Å². The van der Waals surface area contributed by atoms with Gasteiger partial charge in [-0.3, -0.25) is 4.79 Å². The summed E-state index contributed by atoms with van der Waals surface area (Å²) in [4.78, 5) is 45.0. The number of hydrogen-bond acceptors (Lipinski definition) is 43. The molecule has 22 N–H and O–H groups in total. The molecule has 5 aliphatic carbocycles. The third-order valence-corrected chi connectivity index (χ3v) is 32.4. The van der Waals surface area contributed by atoms with Gasteiger partial charge in [0.05, 0.1) is 87.4 Å². The van der Waals surface area contributed by atoms with Crippen LogP contribution in [0.15, 0.2) is 60.3 Å². The number of ether oxygens (including phenoxy) is 18. The van der Waals surface area contributed by atoms with Crippen molar-refractivity contribution < 1.29 is 212 Å². The van der Waals surface area contributed by atoms with Crippen molar-refractivity contribution in [1.82, 2.24) is 0 Å². The first-order valence-electron chi connectivity index (χ1n) is 47.7. The van der Waals surface area contributed by atoms with Crippen molar-refractivity contribution in [3.05, 3.63) is 60.3 Å². The van der Waals surface area contributed by atoms with Crippen molar-refractivity contribution >= 4 is 17.9 Å². The number of carbonyl (C=O) groups is 3. The predicted molar refractivity (Wildman–Crippen MR) is 465 cm³/mol. The maximum atomic E-state index is 16.6. The van der Waals surface area contributed by atoms with Crippen molar-refractivity contribution in [1.29, 1.82) is 0 Å². The lowest BCUT2D eigenvalue weighted by atomic mass is 9.33. The Labute approximate surface area is 794 Å². The van der Waals surface area contributed by atoms with Crippen molar-refractivity contribution in [3.8, 4) is 0 Å². The first-order valence-corrected chi connectivity index (χ1v) is 47.7. The molecule has 12 fully saturated rings. The molecule has 0 aromatic carbocycles. The molecule has 43 heteroatoms. The lowest BCUT2D eigenvalue weighted by molar-refractivity contribution is -0.381. The smallest absolute Gasteiger partial charge is 0.336 e. The molecule has 13 rings (SSSR count). The van der Waals surface area contributed by atoms with Gasteiger partial charge in [-0.1, -0.05) is 84.4 Å². The van der Waals surface area contributed by atoms with E-state index in [0.29, 0.717) is 44.9 Å². The van der Waals surface area contributed by atoms with E-state index >= 15 is 4.79 Å². The number of allylic oxidation sites excluding steroid dienone is 4. The highest BCUT2D eigenvalue weighted by atomic mass is 16.8. The average Bonchev–Trinajstić information content (AvgIpc) is 0.668. The summed E-state index contributed by atoms with van der Waals surface area (Å²) in [6.07, 6.45) is -54.9. The lowest BCUT2D eigenvalue weighted by Crippen LogP contribution is -2.69. The van der Waals surface area contributed by atoms with Crippen LogP contribution in [-0.2, 0) is 99.6 Å². The van der Waals surface area contributed by atoms with Crippen LogP contribution in [0.1, 0.15) is 167 Å². The fourth-order valence-corrected chi connectivity index (χ4v) is 23.4. The zero-order valence-corrected chi connectivity index (χ0v) is 79.5. The summed E-state index contributed by atoms with van der Waals surface area (Å²) in [6.45, 7) is 24.9. The molecule has 0 aromatic rings. The molecule has 0 radical (unpaired) electrons. The topological polar surface area (TPSA) is 662 Å². The Balaban J connectivity index is 0.767. The number of fused-ring (bicyclic) bond motifs is 7. The van der Waals surface area contributed by atoms with Gasteiger partial charge in [-0.05, 0) is 163 Å². The summed E-state index contributed by atoms with van der Waals surface area (Å²) in [6, 6.07) is 0. The molecular formula is C94H148O43. The van der Waals surface area contributed by atoms with E-state index in [9.17, 15) is 122 Å². The zero-order chi connectivity index (χ0) is 101. The molecule has 0 amide bonds. The van der Waals surface area contributed by atoms with Gasteiger partial charge in [0.2, 0.25) is 6.29 Å². The number of esters is 3. The Hall–Kier alpha value is -4.37. The SMILES string of the molecule is C=C[C@@](C)(O)CC/C=C(\C)C(=O)O[C@H]1[C@H](OC[C@H]2O[C@@H](OC(=O)[C@]34CCC(C)(C)C[C@H]3C3=CC[C@@H]5[C@@]6(C)CC[C@H](O[C@@H]7O[C@H](CO[C@@H]8OC[C@H](O)[C@H](O)[C@H]8O[C@@H]8OC[C@@H](O)[C@H](O)[C@H]8O)[C@@H](O)[C@H](O)[C@H]7O)C(C)(C)[C@@H]6CC[C@@]5(C)[C@]3(C)C[C@H]4O)[C@H](O[C@@H]3O[C@@H](C)[C@H](O[C@@H]4OC[C@@H](O)[C@H](O[C@@H]5OC[C@@H](O)[C@H](O)[C@H]5O)[C@H]4O)[C@@H](O)[C@H]3O)[C@@H](O)[C@@H]2O)O[C@@H](C)[C@H](O)[C@H]1OC(=O)/C(=C/CC[C@](C)(O)C=C)CO. The standard InChI is InChI=1S/C94H148O43/c1-15-89(10,118)25-17-19-40(3)76(115)132-75-72(131-77(116)43(33-95)20-18-26-90(11,119)16-2)56(101)41(4)126-84(75)125-39-51-61(106)63(108)74(136-81-68(113)64(109)70(42(5)127-81)133-80-69(114)71(49(99)37-122-80)134-78-65(110)57(102)46(96)34-120-78)85(129-51)137-86(117)94-30-29-87(6,7)31-45(94)44-21-22-53-91(12)27-24-55(88(8,9)52(91)23-28-92(53,13)93(44,14)32-54(94)100)130-82-67(112)62(107)60(105)50(128-82)38-124-83-73(59(104)48(98)36-123-83)135-79-66(111)58(103)47(97)35-121-79/h15-16,19-21,41-42,45-75,78-85,95-114,118-119H,1-2,17-18,22-39H2,3-14H3/b40-19+,43-20+/t41-,42-,45-,46+,47+,48-,49+,50+,51+,52-,53+,54+,55-,56-,57-,58-,59-,60+,61+,62-,63-,64-,65+,66+,67+,68+,69+,70-,71-,72+,73+,74+,75+,78-,79-,80-,81-,82-,83-,84+,85-,89+,90+,91-,92+,93+,94+/m0/s1. The molecule has 137 heavy (non-hydrogen) atoms. The summed E-state index contributed by atoms with van der Waals surface area (Å²) in [5.41, 5.74) is -7.14. The Morgan fingerprint density at radius 3 is 1.55 bits per heavy atom. The first-order chi connectivity index (χ1) is 64.1. The summed E-state index contributed by atoms with van der Waals surface area (Å²) in [7, 11) is 0. The Morgan fingerprint density at radius 2 is 0.949 bits per heavy atom. The third kappa shape index (κ3) is 22.1. The monoisotopic (exact) mass is 1960 g/mol. The molecule has 13 aliphatic rings. The average molecular weight is 1970 g/mol.